The summed E-state index contributed by atoms with van der Waals surface area (Å²) in [5.41, 5.74) is 0.811. The molecule has 6 nitrogen and oxygen atoms in total. The number of carbonyl (C=O) groups excluding carboxylic acids is 1. The smallest absolute Gasteiger partial charge is 0.374 e. The average Bonchev–Trinajstić information content (AvgIpc) is 3.17. The molecule has 0 amide bonds. The molecule has 0 aliphatic rings. The highest BCUT2D eigenvalue weighted by atomic mass is 79.9. The summed E-state index contributed by atoms with van der Waals surface area (Å²) in [6.07, 6.45) is 1.40. The summed E-state index contributed by atoms with van der Waals surface area (Å²) in [5.74, 6) is 0.199. The summed E-state index contributed by atoms with van der Waals surface area (Å²) in [7, 11) is 0. The van der Waals surface area contributed by atoms with Crippen molar-refractivity contribution in [2.75, 3.05) is 0 Å². The van der Waals surface area contributed by atoms with E-state index < -0.39 is 5.97 Å². The van der Waals surface area contributed by atoms with Crippen LogP contribution in [0.5, 0.6) is 0 Å². The first-order chi connectivity index (χ1) is 10.2. The molecule has 0 N–H and O–H groups in total. The van der Waals surface area contributed by atoms with Gasteiger partial charge in [-0.15, -0.1) is 0 Å². The van der Waals surface area contributed by atoms with Gasteiger partial charge in [0.15, 0.2) is 6.61 Å². The molecule has 0 fully saturated rings. The second-order valence-corrected chi connectivity index (χ2v) is 4.99. The van der Waals surface area contributed by atoms with Gasteiger partial charge in [-0.25, -0.2) is 4.79 Å². The van der Waals surface area contributed by atoms with Crippen molar-refractivity contribution in [1.82, 2.24) is 10.1 Å². The molecule has 2 aromatic heterocycles. The molecule has 0 saturated carbocycles. The van der Waals surface area contributed by atoms with E-state index in [1.807, 2.05) is 24.3 Å². The highest BCUT2D eigenvalue weighted by molar-refractivity contribution is 9.10. The van der Waals surface area contributed by atoms with Gasteiger partial charge in [0.25, 0.3) is 5.89 Å². The van der Waals surface area contributed by atoms with Gasteiger partial charge in [-0.05, 0) is 36.4 Å². The molecule has 0 spiro atoms. The van der Waals surface area contributed by atoms with Gasteiger partial charge in [0.1, 0.15) is 0 Å². The van der Waals surface area contributed by atoms with E-state index in [0.717, 1.165) is 10.0 Å². The maximum absolute atomic E-state index is 11.6. The largest absolute Gasteiger partial charge is 0.457 e. The van der Waals surface area contributed by atoms with Crippen LogP contribution in [0.4, 0.5) is 0 Å². The Kier molecular flexibility index (Phi) is 3.83. The first-order valence-corrected chi connectivity index (χ1v) is 6.81. The van der Waals surface area contributed by atoms with E-state index in [4.69, 9.17) is 13.7 Å². The van der Waals surface area contributed by atoms with E-state index in [1.54, 1.807) is 6.07 Å². The SMILES string of the molecule is O=C(OCc1nc(-c2ccc(Br)cc2)no1)c1ccco1. The van der Waals surface area contributed by atoms with Gasteiger partial charge in [0.2, 0.25) is 11.6 Å². The molecular formula is C14H9BrN2O4. The summed E-state index contributed by atoms with van der Waals surface area (Å²) in [6, 6.07) is 10.6. The van der Waals surface area contributed by atoms with E-state index in [1.165, 1.54) is 12.3 Å². The Bertz CT molecular complexity index is 735. The van der Waals surface area contributed by atoms with Crippen LogP contribution < -0.4 is 0 Å². The summed E-state index contributed by atoms with van der Waals surface area (Å²) < 4.78 is 15.9. The number of hydrogen-bond acceptors (Lipinski definition) is 6. The van der Waals surface area contributed by atoms with Crippen molar-refractivity contribution in [2.45, 2.75) is 6.61 Å². The highest BCUT2D eigenvalue weighted by Crippen LogP contribution is 2.19. The zero-order valence-corrected chi connectivity index (χ0v) is 12.2. The molecular weight excluding hydrogens is 340 g/mol. The molecule has 7 heteroatoms. The molecule has 0 bridgehead atoms. The fraction of sp³-hybridized carbons (Fsp3) is 0.0714. The number of aromatic nitrogens is 2. The second-order valence-electron chi connectivity index (χ2n) is 4.07. The first kappa shape index (κ1) is 13.6. The zero-order valence-electron chi connectivity index (χ0n) is 10.7. The van der Waals surface area contributed by atoms with Crippen LogP contribution in [0.25, 0.3) is 11.4 Å². The van der Waals surface area contributed by atoms with Crippen LogP contribution in [0, 0.1) is 0 Å². The number of furan rings is 1. The molecule has 21 heavy (non-hydrogen) atoms. The van der Waals surface area contributed by atoms with Crippen LogP contribution in [-0.4, -0.2) is 16.1 Å². The number of carbonyl (C=O) groups is 1. The number of ether oxygens (including phenoxy) is 1. The molecule has 0 aliphatic carbocycles. The Hall–Kier alpha value is -2.41. The van der Waals surface area contributed by atoms with Gasteiger partial charge >= 0.3 is 5.97 Å². The third-order valence-electron chi connectivity index (χ3n) is 2.62. The van der Waals surface area contributed by atoms with Crippen LogP contribution in [-0.2, 0) is 11.3 Å². The van der Waals surface area contributed by atoms with Gasteiger partial charge in [0, 0.05) is 10.0 Å². The molecule has 0 atom stereocenters. The summed E-state index contributed by atoms with van der Waals surface area (Å²) >= 11 is 3.35. The minimum atomic E-state index is -0.580. The van der Waals surface area contributed by atoms with Crippen LogP contribution >= 0.6 is 15.9 Å². The first-order valence-electron chi connectivity index (χ1n) is 6.01. The highest BCUT2D eigenvalue weighted by Gasteiger charge is 2.14. The van der Waals surface area contributed by atoms with Crippen molar-refractivity contribution in [3.63, 3.8) is 0 Å². The van der Waals surface area contributed by atoms with Crippen molar-refractivity contribution >= 4 is 21.9 Å². The molecule has 1 aromatic carbocycles. The summed E-state index contributed by atoms with van der Waals surface area (Å²) in [5, 5.41) is 3.84. The number of halogens is 1. The van der Waals surface area contributed by atoms with Gasteiger partial charge in [-0.1, -0.05) is 21.1 Å². The maximum atomic E-state index is 11.6. The second kappa shape index (κ2) is 5.92. The lowest BCUT2D eigenvalue weighted by Gasteiger charge is -1.97. The zero-order chi connectivity index (χ0) is 14.7. The Morgan fingerprint density at radius 1 is 1.24 bits per heavy atom. The topological polar surface area (TPSA) is 78.4 Å². The van der Waals surface area contributed by atoms with Crippen molar-refractivity contribution in [2.24, 2.45) is 0 Å². The van der Waals surface area contributed by atoms with Crippen LogP contribution in [0.1, 0.15) is 16.4 Å². The van der Waals surface area contributed by atoms with E-state index in [0.29, 0.717) is 5.82 Å². The number of benzene rings is 1. The maximum Gasteiger partial charge on any atom is 0.374 e. The Balaban J connectivity index is 1.65. The standard InChI is InChI=1S/C14H9BrN2O4/c15-10-5-3-9(4-6-10)13-16-12(21-17-13)8-20-14(18)11-2-1-7-19-11/h1-7H,8H2. The molecule has 3 aromatic rings. The minimum absolute atomic E-state index is 0.108. The quantitative estimate of drug-likeness (QED) is 0.672. The van der Waals surface area contributed by atoms with Gasteiger partial charge in [0.05, 0.1) is 6.26 Å². The monoisotopic (exact) mass is 348 g/mol. The van der Waals surface area contributed by atoms with Crippen molar-refractivity contribution in [1.29, 1.82) is 0 Å². The van der Waals surface area contributed by atoms with Crippen molar-refractivity contribution in [3.8, 4) is 11.4 Å². The van der Waals surface area contributed by atoms with E-state index in [2.05, 4.69) is 26.1 Å². The number of nitrogens with zero attached hydrogens (tertiary/aromatic N) is 2. The fourth-order valence-corrected chi connectivity index (χ4v) is 1.89. The lowest BCUT2D eigenvalue weighted by atomic mass is 10.2. The van der Waals surface area contributed by atoms with Crippen LogP contribution in [0.2, 0.25) is 0 Å². The predicted molar refractivity (Wildman–Crippen MR) is 75.3 cm³/mol. The number of hydrogen-bond donors (Lipinski definition) is 0. The number of esters is 1. The van der Waals surface area contributed by atoms with E-state index in [-0.39, 0.29) is 18.3 Å². The summed E-state index contributed by atoms with van der Waals surface area (Å²) in [6.45, 7) is -0.108. The Morgan fingerprint density at radius 2 is 2.05 bits per heavy atom. The molecule has 0 aliphatic heterocycles. The molecule has 0 saturated heterocycles. The normalized spacial score (nSPS) is 10.5. The summed E-state index contributed by atoms with van der Waals surface area (Å²) in [4.78, 5) is 15.7. The molecule has 0 radical (unpaired) electrons. The van der Waals surface area contributed by atoms with Crippen LogP contribution in [0.15, 0.2) is 56.1 Å². The Morgan fingerprint density at radius 3 is 2.76 bits per heavy atom. The van der Waals surface area contributed by atoms with Crippen molar-refractivity contribution in [3.05, 3.63) is 58.8 Å². The molecule has 106 valence electrons. The van der Waals surface area contributed by atoms with E-state index >= 15 is 0 Å². The van der Waals surface area contributed by atoms with Gasteiger partial charge < -0.3 is 13.7 Å². The van der Waals surface area contributed by atoms with E-state index in [9.17, 15) is 4.79 Å². The fourth-order valence-electron chi connectivity index (χ4n) is 1.62. The van der Waals surface area contributed by atoms with Crippen molar-refractivity contribution < 1.29 is 18.5 Å². The van der Waals surface area contributed by atoms with Crippen LogP contribution in [0.3, 0.4) is 0 Å². The molecule has 0 unspecified atom stereocenters. The third-order valence-corrected chi connectivity index (χ3v) is 3.15. The lowest BCUT2D eigenvalue weighted by Crippen LogP contribution is -2.04. The third kappa shape index (κ3) is 3.19. The average molecular weight is 349 g/mol. The van der Waals surface area contributed by atoms with Gasteiger partial charge in [-0.2, -0.15) is 4.98 Å². The van der Waals surface area contributed by atoms with Gasteiger partial charge in [-0.3, -0.25) is 0 Å². The minimum Gasteiger partial charge on any atom is -0.457 e. The lowest BCUT2D eigenvalue weighted by molar-refractivity contribution is 0.0394. The Labute approximate surface area is 127 Å². The predicted octanol–water partition coefficient (Wildman–Crippen LogP) is 3.45. The number of rotatable bonds is 4. The molecule has 3 rings (SSSR count). The molecule has 2 heterocycles.